The fraction of sp³-hybridized carbons (Fsp3) is 0.643. The second-order valence-corrected chi connectivity index (χ2v) is 19.8. The molecule has 1 unspecified atom stereocenters. The van der Waals surface area contributed by atoms with E-state index in [9.17, 15) is 32.3 Å². The number of alkyl halides is 3. The van der Waals surface area contributed by atoms with Crippen LogP contribution in [0.2, 0.25) is 0 Å². The van der Waals surface area contributed by atoms with Crippen LogP contribution in [-0.2, 0) is 30.8 Å². The first-order valence-corrected chi connectivity index (χ1v) is 22.3. The molecular formula is C42H54F3N5O9S. The summed E-state index contributed by atoms with van der Waals surface area (Å²) in [5, 5.41) is 14.1. The van der Waals surface area contributed by atoms with Crippen molar-refractivity contribution in [2.24, 2.45) is 17.8 Å². The van der Waals surface area contributed by atoms with Crippen LogP contribution in [-0.4, -0.2) is 105 Å². The van der Waals surface area contributed by atoms with Crippen LogP contribution in [0.15, 0.2) is 36.4 Å². The van der Waals surface area contributed by atoms with Crippen molar-refractivity contribution >= 4 is 44.6 Å². The van der Waals surface area contributed by atoms with Crippen LogP contribution in [0, 0.1) is 17.8 Å². The van der Waals surface area contributed by atoms with Gasteiger partial charge in [-0.1, -0.05) is 51.1 Å². The fourth-order valence-electron chi connectivity index (χ4n) is 9.23. The van der Waals surface area contributed by atoms with Gasteiger partial charge < -0.3 is 19.9 Å². The molecule has 3 aliphatic heterocycles. The highest BCUT2D eigenvalue weighted by Gasteiger charge is 2.71. The van der Waals surface area contributed by atoms with Gasteiger partial charge in [0.05, 0.1) is 12.3 Å². The number of carbonyl (C=O) groups excluding carboxylic acids is 3. The van der Waals surface area contributed by atoms with Crippen LogP contribution in [0.25, 0.3) is 10.8 Å². The van der Waals surface area contributed by atoms with Gasteiger partial charge in [0.1, 0.15) is 34.8 Å². The van der Waals surface area contributed by atoms with Gasteiger partial charge in [-0.15, -0.1) is 0 Å². The number of allylic oxidation sites excluding steroid dienone is 1. The Morgan fingerprint density at radius 2 is 1.87 bits per heavy atom. The lowest BCUT2D eigenvalue weighted by Crippen LogP contribution is -2.64. The normalized spacial score (nSPS) is 32.1. The van der Waals surface area contributed by atoms with Gasteiger partial charge in [0.25, 0.3) is 11.8 Å². The van der Waals surface area contributed by atoms with E-state index in [1.54, 1.807) is 57.2 Å². The van der Waals surface area contributed by atoms with E-state index in [1.165, 1.54) is 0 Å². The molecule has 8 atom stereocenters. The lowest BCUT2D eigenvalue weighted by Gasteiger charge is -2.42. The van der Waals surface area contributed by atoms with E-state index in [4.69, 9.17) is 9.47 Å². The molecule has 3 fully saturated rings. The van der Waals surface area contributed by atoms with Gasteiger partial charge >= 0.3 is 12.1 Å². The molecule has 5 aliphatic rings. The van der Waals surface area contributed by atoms with Gasteiger partial charge in [-0.3, -0.25) is 28.9 Å². The maximum absolute atomic E-state index is 17.8. The monoisotopic (exact) mass is 861 g/mol. The molecule has 4 amide bonds. The van der Waals surface area contributed by atoms with Crippen molar-refractivity contribution in [3.05, 3.63) is 42.1 Å². The quantitative estimate of drug-likeness (QED) is 0.204. The number of benzene rings is 1. The average molecular weight is 862 g/mol. The number of pyridine rings is 1. The molecule has 1 aromatic heterocycles. The zero-order valence-corrected chi connectivity index (χ0v) is 35.3. The molecule has 0 spiro atoms. The van der Waals surface area contributed by atoms with Gasteiger partial charge in [-0.05, 0) is 89.5 Å². The van der Waals surface area contributed by atoms with E-state index in [2.05, 4.69) is 10.3 Å². The number of carboxylic acid groups (broad SMARTS) is 1. The molecule has 0 bridgehead atoms. The van der Waals surface area contributed by atoms with E-state index in [0.717, 1.165) is 11.8 Å². The summed E-state index contributed by atoms with van der Waals surface area (Å²) < 4.78 is 88.4. The van der Waals surface area contributed by atoms with E-state index < -0.39 is 98.8 Å². The van der Waals surface area contributed by atoms with Crippen LogP contribution in [0.3, 0.4) is 0 Å². The number of hydrogen-bond acceptors (Lipinski definition) is 9. The lowest BCUT2D eigenvalue weighted by atomic mass is 9.86. The number of halogens is 3. The molecule has 14 nitrogen and oxygen atoms in total. The van der Waals surface area contributed by atoms with Crippen molar-refractivity contribution in [2.45, 2.75) is 139 Å². The van der Waals surface area contributed by atoms with Gasteiger partial charge in [-0.25, -0.2) is 22.6 Å². The predicted octanol–water partition coefficient (Wildman–Crippen LogP) is 5.87. The number of nitrogens with one attached hydrogen (secondary N) is 2. The molecule has 18 heteroatoms. The maximum atomic E-state index is 17.8. The first-order chi connectivity index (χ1) is 28.3. The Balaban J connectivity index is 1.35. The van der Waals surface area contributed by atoms with Crippen molar-refractivity contribution in [2.75, 3.05) is 13.3 Å². The molecule has 1 aromatic carbocycles. The molecule has 2 saturated carbocycles. The average Bonchev–Trinajstić information content (AvgIpc) is 4.12. The predicted molar refractivity (Wildman–Crippen MR) is 213 cm³/mol. The number of carbonyl (C=O) groups is 4. The van der Waals surface area contributed by atoms with Gasteiger partial charge in [0.15, 0.2) is 5.60 Å². The Labute approximate surface area is 347 Å². The number of sulfonamides is 1. The van der Waals surface area contributed by atoms with E-state index in [1.807, 2.05) is 11.6 Å². The second kappa shape index (κ2) is 15.7. The molecule has 1 saturated heterocycles. The first-order valence-electron chi connectivity index (χ1n) is 20.8. The SMILES string of the molecule is CCC(C)N(C(=O)O)[C@@H]1C(=O)N2[C@@H](C[C@@](C)(Oc3nc4c(c5ccccc35)OCCC4)C2(F)F)C(=O)N[C@]2(C(=O)NS(=O)(=O)C3(CF)CC3)C[C@H]2/C=C\CC[C@@H](C)C[C@H]1C. The van der Waals surface area contributed by atoms with Crippen LogP contribution in [0.5, 0.6) is 11.6 Å². The number of aryl methyl sites for hydroxylation is 1. The van der Waals surface area contributed by atoms with Crippen molar-refractivity contribution < 1.29 is 55.3 Å². The number of fused-ring (bicyclic) bond motifs is 5. The number of hydrogen-bond donors (Lipinski definition) is 3. The minimum Gasteiger partial charge on any atom is -0.491 e. The highest BCUT2D eigenvalue weighted by molar-refractivity contribution is 7.91. The second-order valence-electron chi connectivity index (χ2n) is 17.7. The summed E-state index contributed by atoms with van der Waals surface area (Å²) in [6.07, 6.45) is 3.62. The Bertz CT molecular complexity index is 2200. The van der Waals surface area contributed by atoms with Crippen LogP contribution >= 0.6 is 0 Å². The fourth-order valence-corrected chi connectivity index (χ4v) is 10.7. The zero-order chi connectivity index (χ0) is 43.6. The number of ether oxygens (including phenoxy) is 2. The smallest absolute Gasteiger partial charge is 0.408 e. The number of rotatable bonds is 9. The molecule has 3 N–H and O–H groups in total. The maximum Gasteiger partial charge on any atom is 0.408 e. The van der Waals surface area contributed by atoms with Crippen LogP contribution in [0.1, 0.15) is 98.1 Å². The summed E-state index contributed by atoms with van der Waals surface area (Å²) in [6.45, 7) is 7.08. The largest absolute Gasteiger partial charge is 0.491 e. The molecule has 60 heavy (non-hydrogen) atoms. The summed E-state index contributed by atoms with van der Waals surface area (Å²) in [5.74, 6) is -5.07. The lowest BCUT2D eigenvalue weighted by molar-refractivity contribution is -0.219. The molecule has 0 radical (unpaired) electrons. The number of amides is 4. The molecule has 2 aromatic rings. The van der Waals surface area contributed by atoms with Crippen molar-refractivity contribution in [3.8, 4) is 11.6 Å². The summed E-state index contributed by atoms with van der Waals surface area (Å²) in [6, 6.07) is -2.02. The third-order valence-electron chi connectivity index (χ3n) is 13.4. The van der Waals surface area contributed by atoms with Gasteiger partial charge in [0.2, 0.25) is 21.8 Å². The summed E-state index contributed by atoms with van der Waals surface area (Å²) in [4.78, 5) is 62.6. The third-order valence-corrected chi connectivity index (χ3v) is 15.5. The summed E-state index contributed by atoms with van der Waals surface area (Å²) in [7, 11) is -4.55. The van der Waals surface area contributed by atoms with Gasteiger partial charge in [-0.2, -0.15) is 8.78 Å². The zero-order valence-electron chi connectivity index (χ0n) is 34.5. The van der Waals surface area contributed by atoms with Gasteiger partial charge in [0, 0.05) is 29.2 Å². The standard InChI is InChI=1S/C42H54F3N5O9S/c1-6-26(4)49(38(54)55)32-25(3)20-24(2)12-7-8-13-27-21-41(27,37(53)48-60(56,57)40(23-43)17-18-40)47-34(51)31-22-39(5,42(44,45)50(31)36(32)52)59-35-29-15-10-9-14-28(29)33-30(46-35)16-11-19-58-33/h8-10,13-15,24-27,31-32H,6-7,11-12,16-23H2,1-5H3,(H,47,51)(H,48,53)(H,54,55)/b13-8-/t24-,25-,26?,27-,31+,32+,39-,41-/m1/s1. The van der Waals surface area contributed by atoms with E-state index in [0.29, 0.717) is 54.5 Å². The van der Waals surface area contributed by atoms with E-state index in [-0.39, 0.29) is 48.8 Å². The number of nitrogens with zero attached hydrogens (tertiary/aromatic N) is 3. The number of aromatic nitrogens is 1. The van der Waals surface area contributed by atoms with Crippen molar-refractivity contribution in [3.63, 3.8) is 0 Å². The summed E-state index contributed by atoms with van der Waals surface area (Å²) >= 11 is 0. The Hall–Kier alpha value is -4.61. The Kier molecular flexibility index (Phi) is 11.4. The molecule has 4 heterocycles. The molecular weight excluding hydrogens is 808 g/mol. The minimum absolute atomic E-state index is 0.00914. The molecule has 2 aliphatic carbocycles. The highest BCUT2D eigenvalue weighted by Crippen LogP contribution is 2.52. The van der Waals surface area contributed by atoms with Crippen LogP contribution in [0.4, 0.5) is 18.0 Å². The minimum atomic E-state index is -4.55. The first kappa shape index (κ1) is 43.5. The van der Waals surface area contributed by atoms with Crippen molar-refractivity contribution in [1.82, 2.24) is 24.8 Å². The topological polar surface area (TPSA) is 185 Å². The Morgan fingerprint density at radius 1 is 1.17 bits per heavy atom. The van der Waals surface area contributed by atoms with Crippen molar-refractivity contribution in [1.29, 1.82) is 0 Å². The van der Waals surface area contributed by atoms with E-state index >= 15 is 13.6 Å². The molecule has 7 rings (SSSR count). The van der Waals surface area contributed by atoms with Crippen LogP contribution < -0.4 is 19.5 Å². The summed E-state index contributed by atoms with van der Waals surface area (Å²) in [5.41, 5.74) is -4.13. The highest BCUT2D eigenvalue weighted by atomic mass is 32.2. The third kappa shape index (κ3) is 7.33. The molecule has 328 valence electrons. The Morgan fingerprint density at radius 3 is 2.52 bits per heavy atom.